The molecule has 0 spiro atoms. The summed E-state index contributed by atoms with van der Waals surface area (Å²) in [5.41, 5.74) is 5.75. The third kappa shape index (κ3) is 1.88. The molecule has 22 heavy (non-hydrogen) atoms. The van der Waals surface area contributed by atoms with Crippen molar-refractivity contribution in [1.29, 1.82) is 0 Å². The van der Waals surface area contributed by atoms with E-state index < -0.39 is 0 Å². The fraction of sp³-hybridized carbons (Fsp3) is 0.125. The van der Waals surface area contributed by atoms with Gasteiger partial charge in [0.15, 0.2) is 5.82 Å². The molecule has 0 atom stereocenters. The van der Waals surface area contributed by atoms with Gasteiger partial charge in [-0.25, -0.2) is 4.98 Å². The molecule has 4 aromatic rings. The summed E-state index contributed by atoms with van der Waals surface area (Å²) in [6, 6.07) is 13.9. The number of rotatable bonds is 2. The molecule has 108 valence electrons. The Morgan fingerprint density at radius 2 is 1.86 bits per heavy atom. The van der Waals surface area contributed by atoms with Crippen LogP contribution in [0.5, 0.6) is 0 Å². The zero-order valence-electron chi connectivity index (χ0n) is 12.3. The average Bonchev–Trinajstić information content (AvgIpc) is 3.02. The van der Waals surface area contributed by atoms with Crippen molar-refractivity contribution < 1.29 is 0 Å². The highest BCUT2D eigenvalue weighted by atomic mass is 15.5. The first-order valence-corrected chi connectivity index (χ1v) is 7.04. The minimum Gasteiger partial charge on any atom is -0.337 e. The molecule has 0 saturated heterocycles. The highest BCUT2D eigenvalue weighted by Gasteiger charge is 2.12. The van der Waals surface area contributed by atoms with Crippen LogP contribution in [0.25, 0.3) is 16.7 Å². The zero-order valence-corrected chi connectivity index (χ0v) is 12.3. The summed E-state index contributed by atoms with van der Waals surface area (Å²) >= 11 is 0. The van der Waals surface area contributed by atoms with Crippen molar-refractivity contribution in [3.8, 4) is 0 Å². The molecule has 0 saturated carbocycles. The van der Waals surface area contributed by atoms with Crippen molar-refractivity contribution in [3.63, 3.8) is 0 Å². The van der Waals surface area contributed by atoms with E-state index in [1.165, 1.54) is 11.1 Å². The van der Waals surface area contributed by atoms with Gasteiger partial charge >= 0.3 is 0 Å². The standard InChI is InChI=1S/C16H14N6/c1-10-6-5-8-12(11(10)2)17-15-16-19-20-21-22(16)14-9-4-3-7-13(14)18-15/h3-9H,1-2H3,(H,17,18). The second kappa shape index (κ2) is 4.77. The van der Waals surface area contributed by atoms with Crippen LogP contribution in [-0.4, -0.2) is 25.0 Å². The summed E-state index contributed by atoms with van der Waals surface area (Å²) in [5, 5.41) is 15.3. The van der Waals surface area contributed by atoms with Crippen LogP contribution in [0, 0.1) is 13.8 Å². The number of fused-ring (bicyclic) bond motifs is 3. The van der Waals surface area contributed by atoms with E-state index >= 15 is 0 Å². The minimum absolute atomic E-state index is 0.611. The monoisotopic (exact) mass is 290 g/mol. The Kier molecular flexibility index (Phi) is 2.75. The topological polar surface area (TPSA) is 68.0 Å². The molecule has 6 heteroatoms. The summed E-state index contributed by atoms with van der Waals surface area (Å²) in [4.78, 5) is 4.67. The number of para-hydroxylation sites is 2. The van der Waals surface area contributed by atoms with Gasteiger partial charge in [-0.1, -0.05) is 24.3 Å². The van der Waals surface area contributed by atoms with Gasteiger partial charge < -0.3 is 5.32 Å². The summed E-state index contributed by atoms with van der Waals surface area (Å²) in [5.74, 6) is 0.650. The number of aryl methyl sites for hydroxylation is 1. The Morgan fingerprint density at radius 1 is 1.00 bits per heavy atom. The first kappa shape index (κ1) is 12.7. The molecule has 0 unspecified atom stereocenters. The molecule has 0 aliphatic carbocycles. The van der Waals surface area contributed by atoms with E-state index in [-0.39, 0.29) is 0 Å². The fourth-order valence-corrected chi connectivity index (χ4v) is 2.50. The fourth-order valence-electron chi connectivity index (χ4n) is 2.50. The Morgan fingerprint density at radius 3 is 2.77 bits per heavy atom. The van der Waals surface area contributed by atoms with Gasteiger partial charge in [0.05, 0.1) is 11.0 Å². The van der Waals surface area contributed by atoms with Gasteiger partial charge in [-0.05, 0) is 53.6 Å². The highest BCUT2D eigenvalue weighted by molar-refractivity contribution is 5.83. The maximum Gasteiger partial charge on any atom is 0.222 e. The molecule has 2 heterocycles. The first-order valence-electron chi connectivity index (χ1n) is 7.04. The van der Waals surface area contributed by atoms with Crippen LogP contribution >= 0.6 is 0 Å². The van der Waals surface area contributed by atoms with Crippen molar-refractivity contribution >= 4 is 28.2 Å². The van der Waals surface area contributed by atoms with Crippen LogP contribution in [-0.2, 0) is 0 Å². The highest BCUT2D eigenvalue weighted by Crippen LogP contribution is 2.25. The van der Waals surface area contributed by atoms with Gasteiger partial charge in [-0.2, -0.15) is 4.52 Å². The number of anilines is 2. The zero-order chi connectivity index (χ0) is 15.1. The molecule has 0 radical (unpaired) electrons. The molecule has 0 amide bonds. The number of nitrogens with one attached hydrogen (secondary N) is 1. The second-order valence-electron chi connectivity index (χ2n) is 5.24. The Hall–Kier alpha value is -3.02. The lowest BCUT2D eigenvalue weighted by molar-refractivity contribution is 0.841. The predicted molar refractivity (Wildman–Crippen MR) is 85.3 cm³/mol. The maximum atomic E-state index is 4.67. The van der Waals surface area contributed by atoms with E-state index in [1.54, 1.807) is 4.52 Å². The number of hydrogen-bond donors (Lipinski definition) is 1. The van der Waals surface area contributed by atoms with Gasteiger partial charge in [0, 0.05) is 5.69 Å². The largest absolute Gasteiger partial charge is 0.337 e. The van der Waals surface area contributed by atoms with Crippen molar-refractivity contribution in [3.05, 3.63) is 53.6 Å². The van der Waals surface area contributed by atoms with Crippen molar-refractivity contribution in [1.82, 2.24) is 25.0 Å². The summed E-state index contributed by atoms with van der Waals surface area (Å²) in [6.07, 6.45) is 0. The van der Waals surface area contributed by atoms with E-state index in [4.69, 9.17) is 0 Å². The third-order valence-corrected chi connectivity index (χ3v) is 3.88. The maximum absolute atomic E-state index is 4.67. The Labute approximate surface area is 126 Å². The predicted octanol–water partition coefficient (Wildman–Crippen LogP) is 3.03. The smallest absolute Gasteiger partial charge is 0.222 e. The van der Waals surface area contributed by atoms with Gasteiger partial charge in [0.25, 0.3) is 0 Å². The second-order valence-corrected chi connectivity index (χ2v) is 5.24. The summed E-state index contributed by atoms with van der Waals surface area (Å²) in [6.45, 7) is 4.17. The van der Waals surface area contributed by atoms with Crippen molar-refractivity contribution in [2.45, 2.75) is 13.8 Å². The Balaban J connectivity index is 1.93. The lowest BCUT2D eigenvalue weighted by atomic mass is 10.1. The number of nitrogens with zero attached hydrogens (tertiary/aromatic N) is 5. The SMILES string of the molecule is Cc1cccc(Nc2nc3ccccc3n3nnnc23)c1C. The van der Waals surface area contributed by atoms with E-state index in [1.807, 2.05) is 36.4 Å². The van der Waals surface area contributed by atoms with Crippen LogP contribution in [0.2, 0.25) is 0 Å². The summed E-state index contributed by atoms with van der Waals surface area (Å²) in [7, 11) is 0. The van der Waals surface area contributed by atoms with Crippen LogP contribution in [0.1, 0.15) is 11.1 Å². The molecule has 0 fully saturated rings. The lowest BCUT2D eigenvalue weighted by Crippen LogP contribution is -2.02. The molecule has 4 rings (SSSR count). The van der Waals surface area contributed by atoms with Crippen LogP contribution in [0.15, 0.2) is 42.5 Å². The average molecular weight is 290 g/mol. The third-order valence-electron chi connectivity index (χ3n) is 3.88. The van der Waals surface area contributed by atoms with E-state index in [9.17, 15) is 0 Å². The molecule has 2 aromatic heterocycles. The van der Waals surface area contributed by atoms with E-state index in [0.717, 1.165) is 16.7 Å². The molecule has 6 nitrogen and oxygen atoms in total. The number of hydrogen-bond acceptors (Lipinski definition) is 5. The van der Waals surface area contributed by atoms with Crippen LogP contribution in [0.4, 0.5) is 11.5 Å². The first-order chi connectivity index (χ1) is 10.7. The molecule has 2 aromatic carbocycles. The molecule has 0 aliphatic heterocycles. The molecule has 0 bridgehead atoms. The van der Waals surface area contributed by atoms with Crippen LogP contribution in [0.3, 0.4) is 0 Å². The van der Waals surface area contributed by atoms with E-state index in [2.05, 4.69) is 45.7 Å². The summed E-state index contributed by atoms with van der Waals surface area (Å²) < 4.78 is 1.70. The Bertz CT molecular complexity index is 988. The van der Waals surface area contributed by atoms with Gasteiger partial charge in [0.1, 0.15) is 0 Å². The van der Waals surface area contributed by atoms with Crippen molar-refractivity contribution in [2.24, 2.45) is 0 Å². The minimum atomic E-state index is 0.611. The number of benzene rings is 2. The van der Waals surface area contributed by atoms with Crippen LogP contribution < -0.4 is 5.32 Å². The molecular formula is C16H14N6. The van der Waals surface area contributed by atoms with Gasteiger partial charge in [-0.3, -0.25) is 0 Å². The number of tetrazole rings is 1. The molecule has 1 N–H and O–H groups in total. The lowest BCUT2D eigenvalue weighted by Gasteiger charge is -2.11. The van der Waals surface area contributed by atoms with Crippen molar-refractivity contribution in [2.75, 3.05) is 5.32 Å². The molecule has 0 aliphatic rings. The van der Waals surface area contributed by atoms with Gasteiger partial charge in [0.2, 0.25) is 5.65 Å². The van der Waals surface area contributed by atoms with E-state index in [0.29, 0.717) is 11.5 Å². The normalized spacial score (nSPS) is 11.2. The number of aromatic nitrogens is 5. The quantitative estimate of drug-likeness (QED) is 0.614. The molecular weight excluding hydrogens is 276 g/mol. The van der Waals surface area contributed by atoms with Gasteiger partial charge in [-0.15, -0.1) is 5.10 Å².